The maximum Gasteiger partial charge on any atom is 0.416 e. The minimum Gasteiger partial charge on any atom is -0.381 e. The van der Waals surface area contributed by atoms with Crippen molar-refractivity contribution in [2.45, 2.75) is 12.7 Å². The van der Waals surface area contributed by atoms with Gasteiger partial charge in [0.05, 0.1) is 5.56 Å². The Kier molecular flexibility index (Phi) is 3.92. The summed E-state index contributed by atoms with van der Waals surface area (Å²) in [5.74, 6) is -1.45. The molecular formula is C14H10F5N. The number of rotatable bonds is 3. The fourth-order valence-electron chi connectivity index (χ4n) is 1.76. The van der Waals surface area contributed by atoms with E-state index >= 15 is 0 Å². The molecule has 2 aromatic carbocycles. The third-order valence-electron chi connectivity index (χ3n) is 2.68. The summed E-state index contributed by atoms with van der Waals surface area (Å²) in [6, 6.07) is 7.82. The number of benzene rings is 2. The van der Waals surface area contributed by atoms with Crippen LogP contribution in [0.25, 0.3) is 0 Å². The van der Waals surface area contributed by atoms with Gasteiger partial charge in [0.1, 0.15) is 11.6 Å². The quantitative estimate of drug-likeness (QED) is 0.814. The lowest BCUT2D eigenvalue weighted by molar-refractivity contribution is -0.138. The van der Waals surface area contributed by atoms with E-state index in [1.165, 1.54) is 18.2 Å². The smallest absolute Gasteiger partial charge is 0.381 e. The zero-order valence-corrected chi connectivity index (χ0v) is 10.1. The van der Waals surface area contributed by atoms with Gasteiger partial charge < -0.3 is 5.32 Å². The Bertz CT molecular complexity index is 607. The molecule has 0 unspecified atom stereocenters. The maximum absolute atomic E-state index is 12.9. The van der Waals surface area contributed by atoms with Gasteiger partial charge in [-0.1, -0.05) is 12.1 Å². The first-order valence-electron chi connectivity index (χ1n) is 5.71. The highest BCUT2D eigenvalue weighted by Gasteiger charge is 2.33. The predicted octanol–water partition coefficient (Wildman–Crippen LogP) is 4.60. The van der Waals surface area contributed by atoms with E-state index in [1.807, 2.05) is 0 Å². The summed E-state index contributed by atoms with van der Waals surface area (Å²) in [6.07, 6.45) is -4.64. The molecule has 0 aliphatic heterocycles. The first kappa shape index (κ1) is 14.3. The van der Waals surface area contributed by atoms with Gasteiger partial charge in [-0.2, -0.15) is 13.2 Å². The van der Waals surface area contributed by atoms with E-state index in [0.29, 0.717) is 11.8 Å². The van der Waals surface area contributed by atoms with Crippen molar-refractivity contribution >= 4 is 5.69 Å². The van der Waals surface area contributed by atoms with Crippen LogP contribution >= 0.6 is 0 Å². The highest BCUT2D eigenvalue weighted by Crippen LogP contribution is 2.32. The van der Waals surface area contributed by atoms with E-state index in [0.717, 1.165) is 18.2 Å². The van der Waals surface area contributed by atoms with Gasteiger partial charge in [-0.15, -0.1) is 0 Å². The van der Waals surface area contributed by atoms with Crippen LogP contribution in [0.4, 0.5) is 27.6 Å². The SMILES string of the molecule is Fc1cccc(NCc2ccc(F)cc2C(F)(F)F)c1. The Morgan fingerprint density at radius 1 is 0.900 bits per heavy atom. The first-order valence-corrected chi connectivity index (χ1v) is 5.71. The predicted molar refractivity (Wildman–Crippen MR) is 65.1 cm³/mol. The van der Waals surface area contributed by atoms with Crippen LogP contribution in [-0.4, -0.2) is 0 Å². The number of nitrogens with one attached hydrogen (secondary N) is 1. The second-order valence-electron chi connectivity index (χ2n) is 4.16. The van der Waals surface area contributed by atoms with Gasteiger partial charge in [-0.25, -0.2) is 8.78 Å². The Morgan fingerprint density at radius 3 is 2.25 bits per heavy atom. The van der Waals surface area contributed by atoms with Crippen molar-refractivity contribution in [1.29, 1.82) is 0 Å². The topological polar surface area (TPSA) is 12.0 Å². The zero-order chi connectivity index (χ0) is 14.8. The van der Waals surface area contributed by atoms with Crippen LogP contribution in [0, 0.1) is 11.6 Å². The van der Waals surface area contributed by atoms with Crippen molar-refractivity contribution in [2.75, 3.05) is 5.32 Å². The Morgan fingerprint density at radius 2 is 1.60 bits per heavy atom. The van der Waals surface area contributed by atoms with E-state index in [2.05, 4.69) is 5.32 Å². The average molecular weight is 287 g/mol. The standard InChI is InChI=1S/C14H10F5N/c15-10-2-1-3-12(6-10)20-8-9-4-5-11(16)7-13(9)14(17,18)19/h1-7,20H,8H2. The molecule has 2 aromatic rings. The van der Waals surface area contributed by atoms with Gasteiger partial charge in [0, 0.05) is 12.2 Å². The molecule has 0 atom stereocenters. The Labute approximate surface area is 112 Å². The Balaban J connectivity index is 2.21. The zero-order valence-electron chi connectivity index (χ0n) is 10.1. The number of hydrogen-bond acceptors (Lipinski definition) is 1. The normalized spacial score (nSPS) is 11.4. The van der Waals surface area contributed by atoms with Gasteiger partial charge in [0.25, 0.3) is 0 Å². The van der Waals surface area contributed by atoms with Crippen LogP contribution in [-0.2, 0) is 12.7 Å². The average Bonchev–Trinajstić information content (AvgIpc) is 2.36. The molecule has 1 N–H and O–H groups in total. The molecular weight excluding hydrogens is 277 g/mol. The number of anilines is 1. The first-order chi connectivity index (χ1) is 9.36. The molecule has 0 radical (unpaired) electrons. The molecule has 0 saturated carbocycles. The molecule has 0 aliphatic rings. The highest BCUT2D eigenvalue weighted by atomic mass is 19.4. The number of hydrogen-bond donors (Lipinski definition) is 1. The lowest BCUT2D eigenvalue weighted by Gasteiger charge is -2.14. The molecule has 2 rings (SSSR count). The molecule has 0 bridgehead atoms. The molecule has 0 spiro atoms. The van der Waals surface area contributed by atoms with E-state index < -0.39 is 23.4 Å². The van der Waals surface area contributed by atoms with Crippen molar-refractivity contribution in [2.24, 2.45) is 0 Å². The van der Waals surface area contributed by atoms with E-state index in [1.54, 1.807) is 0 Å². The van der Waals surface area contributed by atoms with Crippen molar-refractivity contribution in [3.05, 3.63) is 65.2 Å². The molecule has 0 heterocycles. The summed E-state index contributed by atoms with van der Waals surface area (Å²) in [6.45, 7) is -0.182. The summed E-state index contributed by atoms with van der Waals surface area (Å²) in [5.41, 5.74) is -0.799. The number of alkyl halides is 3. The Hall–Kier alpha value is -2.11. The second-order valence-corrected chi connectivity index (χ2v) is 4.16. The van der Waals surface area contributed by atoms with Gasteiger partial charge in [0.15, 0.2) is 0 Å². The molecule has 0 saturated heterocycles. The molecule has 20 heavy (non-hydrogen) atoms. The second kappa shape index (κ2) is 5.48. The van der Waals surface area contributed by atoms with Crippen LogP contribution in [0.2, 0.25) is 0 Å². The van der Waals surface area contributed by atoms with Gasteiger partial charge >= 0.3 is 6.18 Å². The summed E-state index contributed by atoms with van der Waals surface area (Å²) in [7, 11) is 0. The lowest BCUT2D eigenvalue weighted by Crippen LogP contribution is -2.12. The molecule has 106 valence electrons. The van der Waals surface area contributed by atoms with Crippen LogP contribution in [0.5, 0.6) is 0 Å². The summed E-state index contributed by atoms with van der Waals surface area (Å²) in [4.78, 5) is 0. The molecule has 1 nitrogen and oxygen atoms in total. The van der Waals surface area contributed by atoms with Gasteiger partial charge in [-0.05, 0) is 35.9 Å². The molecule has 0 amide bonds. The fraction of sp³-hybridized carbons (Fsp3) is 0.143. The third kappa shape index (κ3) is 3.46. The van der Waals surface area contributed by atoms with Gasteiger partial charge in [0.2, 0.25) is 0 Å². The summed E-state index contributed by atoms with van der Waals surface area (Å²) < 4.78 is 64.2. The molecule has 0 aliphatic carbocycles. The van der Waals surface area contributed by atoms with Gasteiger partial charge in [-0.3, -0.25) is 0 Å². The van der Waals surface area contributed by atoms with Crippen LogP contribution in [0.3, 0.4) is 0 Å². The van der Waals surface area contributed by atoms with E-state index in [-0.39, 0.29) is 12.1 Å². The van der Waals surface area contributed by atoms with E-state index in [9.17, 15) is 22.0 Å². The molecule has 0 aromatic heterocycles. The minimum absolute atomic E-state index is 0.108. The monoisotopic (exact) mass is 287 g/mol. The minimum atomic E-state index is -4.64. The highest BCUT2D eigenvalue weighted by molar-refractivity contribution is 5.44. The van der Waals surface area contributed by atoms with Crippen molar-refractivity contribution in [3.8, 4) is 0 Å². The van der Waals surface area contributed by atoms with Crippen LogP contribution in [0.15, 0.2) is 42.5 Å². The lowest BCUT2D eigenvalue weighted by atomic mass is 10.1. The summed E-state index contributed by atoms with van der Waals surface area (Å²) >= 11 is 0. The molecule has 0 fully saturated rings. The number of halogens is 5. The van der Waals surface area contributed by atoms with Crippen molar-refractivity contribution in [1.82, 2.24) is 0 Å². The van der Waals surface area contributed by atoms with Crippen LogP contribution < -0.4 is 5.32 Å². The van der Waals surface area contributed by atoms with Crippen LogP contribution in [0.1, 0.15) is 11.1 Å². The maximum atomic E-state index is 12.9. The van der Waals surface area contributed by atoms with Crippen molar-refractivity contribution < 1.29 is 22.0 Å². The largest absolute Gasteiger partial charge is 0.416 e. The molecule has 6 heteroatoms. The summed E-state index contributed by atoms with van der Waals surface area (Å²) in [5, 5.41) is 2.67. The van der Waals surface area contributed by atoms with Crippen molar-refractivity contribution in [3.63, 3.8) is 0 Å². The third-order valence-corrected chi connectivity index (χ3v) is 2.68. The fourth-order valence-corrected chi connectivity index (χ4v) is 1.76. The van der Waals surface area contributed by atoms with E-state index in [4.69, 9.17) is 0 Å².